The minimum Gasteiger partial charge on any atom is -0.509 e. The summed E-state index contributed by atoms with van der Waals surface area (Å²) in [7, 11) is 0. The van der Waals surface area contributed by atoms with Crippen LogP contribution < -0.4 is 0 Å². The van der Waals surface area contributed by atoms with Crippen LogP contribution in [-0.2, 0) is 9.53 Å². The maximum absolute atomic E-state index is 12.1. The zero-order chi connectivity index (χ0) is 22.7. The molecule has 11 atom stereocenters. The molecule has 172 valence electrons. The van der Waals surface area contributed by atoms with E-state index in [2.05, 4.69) is 11.9 Å². The van der Waals surface area contributed by atoms with Gasteiger partial charge in [0.15, 0.2) is 6.29 Å². The number of aldehydes is 1. The minimum absolute atomic E-state index is 0.0129. The Balaban J connectivity index is 1.65. The van der Waals surface area contributed by atoms with Crippen LogP contribution >= 0.6 is 0 Å². The van der Waals surface area contributed by atoms with Crippen LogP contribution in [0.25, 0.3) is 0 Å². The molecule has 7 heteroatoms. The van der Waals surface area contributed by atoms with E-state index in [1.165, 1.54) is 0 Å². The summed E-state index contributed by atoms with van der Waals surface area (Å²) in [4.78, 5) is 16.4. The first-order valence-corrected chi connectivity index (χ1v) is 11.4. The molecule has 2 aliphatic heterocycles. The Labute approximate surface area is 183 Å². The molecule has 0 aromatic carbocycles. The first-order valence-electron chi connectivity index (χ1n) is 11.4. The second kappa shape index (κ2) is 7.80. The molecule has 4 N–H and O–H groups in total. The molecule has 4 aliphatic rings. The topological polar surface area (TPSA) is 123 Å². The molecule has 4 unspecified atom stereocenters. The highest BCUT2D eigenvalue weighted by atomic mass is 16.6. The summed E-state index contributed by atoms with van der Waals surface area (Å²) in [6, 6.07) is 0. The van der Waals surface area contributed by atoms with Gasteiger partial charge in [-0.15, -0.1) is 0 Å². The monoisotopic (exact) mass is 433 g/mol. The Kier molecular flexibility index (Phi) is 5.70. The first kappa shape index (κ1) is 22.6. The average Bonchev–Trinajstić information content (AvgIpc) is 3.43. The molecule has 31 heavy (non-hydrogen) atoms. The van der Waals surface area contributed by atoms with E-state index in [0.29, 0.717) is 25.5 Å². The molecular weight excluding hydrogens is 398 g/mol. The Morgan fingerprint density at radius 2 is 1.94 bits per heavy atom. The number of hydrogen-bond acceptors (Lipinski definition) is 7. The predicted molar refractivity (Wildman–Crippen MR) is 116 cm³/mol. The van der Waals surface area contributed by atoms with E-state index >= 15 is 0 Å². The van der Waals surface area contributed by atoms with Gasteiger partial charge in [0.25, 0.3) is 0 Å². The second-order valence-corrected chi connectivity index (χ2v) is 10.5. The van der Waals surface area contributed by atoms with Crippen molar-refractivity contribution >= 4 is 12.5 Å². The minimum atomic E-state index is -1.24. The average molecular weight is 434 g/mol. The summed E-state index contributed by atoms with van der Waals surface area (Å²) in [6.45, 7) is 7.86. The zero-order valence-electron chi connectivity index (χ0n) is 18.7. The van der Waals surface area contributed by atoms with Gasteiger partial charge in [0.1, 0.15) is 23.5 Å². The van der Waals surface area contributed by atoms with Crippen LogP contribution in [-0.4, -0.2) is 69.0 Å². The van der Waals surface area contributed by atoms with Crippen molar-refractivity contribution in [2.75, 3.05) is 0 Å². The van der Waals surface area contributed by atoms with E-state index < -0.39 is 42.0 Å². The number of carbonyl (C=O) groups is 1. The summed E-state index contributed by atoms with van der Waals surface area (Å²) in [5.74, 6) is -0.955. The smallest absolute Gasteiger partial charge is 0.152 e. The van der Waals surface area contributed by atoms with Crippen molar-refractivity contribution in [2.24, 2.45) is 34.1 Å². The Hall–Kier alpha value is -1.54. The van der Waals surface area contributed by atoms with Crippen LogP contribution in [0.4, 0.5) is 0 Å². The summed E-state index contributed by atoms with van der Waals surface area (Å²) in [5, 5.41) is 43.5. The summed E-state index contributed by atoms with van der Waals surface area (Å²) >= 11 is 0. The highest BCUT2D eigenvalue weighted by Crippen LogP contribution is 2.58. The van der Waals surface area contributed by atoms with Gasteiger partial charge in [0.2, 0.25) is 0 Å². The van der Waals surface area contributed by atoms with Crippen molar-refractivity contribution in [3.63, 3.8) is 0 Å². The lowest BCUT2D eigenvalue weighted by atomic mass is 9.48. The van der Waals surface area contributed by atoms with Crippen molar-refractivity contribution in [3.8, 4) is 0 Å². The fourth-order valence-corrected chi connectivity index (χ4v) is 6.69. The number of aliphatic hydroxyl groups excluding tert-OH is 4. The van der Waals surface area contributed by atoms with Gasteiger partial charge < -0.3 is 25.2 Å². The molecule has 7 nitrogen and oxygen atoms in total. The van der Waals surface area contributed by atoms with Crippen LogP contribution in [0.2, 0.25) is 0 Å². The number of aliphatic hydroxyl groups is 4. The standard InChI is InChI=1S/C24H35NO6/c1-12-15-10-17(28)13(2)18(23(15,3)8-6-16(12)27)19(29)14(11-26)20(30)21-22(31-21)24(4)7-5-9-25-24/h5,7,9,11-13,15-19,21-22,27-30H,6,8,10H2,1-4H3/b20-14-/t12-,13+,15?,16+,17+,18?,19+,21?,22-,23+,24?/m1/s1. The van der Waals surface area contributed by atoms with Crippen LogP contribution in [0.15, 0.2) is 28.5 Å². The number of epoxide rings is 1. The molecule has 2 aliphatic carbocycles. The molecule has 1 saturated heterocycles. The van der Waals surface area contributed by atoms with Gasteiger partial charge in [0.05, 0.1) is 23.9 Å². The van der Waals surface area contributed by atoms with Crippen molar-refractivity contribution in [1.29, 1.82) is 0 Å². The van der Waals surface area contributed by atoms with E-state index in [9.17, 15) is 25.2 Å². The fraction of sp³-hybridized carbons (Fsp3) is 0.750. The number of nitrogens with zero attached hydrogens (tertiary/aromatic N) is 1. The van der Waals surface area contributed by atoms with Crippen LogP contribution in [0.3, 0.4) is 0 Å². The van der Waals surface area contributed by atoms with Gasteiger partial charge in [-0.05, 0) is 61.3 Å². The van der Waals surface area contributed by atoms with Crippen LogP contribution in [0, 0.1) is 29.1 Å². The number of hydrogen-bond donors (Lipinski definition) is 4. The van der Waals surface area contributed by atoms with Crippen molar-refractivity contribution in [2.45, 2.75) is 83.0 Å². The van der Waals surface area contributed by atoms with Gasteiger partial charge in [0, 0.05) is 6.21 Å². The first-order chi connectivity index (χ1) is 14.5. The molecule has 0 aromatic rings. The molecule has 0 radical (unpaired) electrons. The molecule has 0 aromatic heterocycles. The molecule has 4 rings (SSSR count). The number of carbonyl (C=O) groups excluding carboxylic acids is 1. The second-order valence-electron chi connectivity index (χ2n) is 10.5. The van der Waals surface area contributed by atoms with Crippen molar-refractivity contribution in [3.05, 3.63) is 23.5 Å². The molecule has 0 spiro atoms. The van der Waals surface area contributed by atoms with Crippen LogP contribution in [0.1, 0.15) is 47.0 Å². The van der Waals surface area contributed by atoms with Gasteiger partial charge >= 0.3 is 0 Å². The predicted octanol–water partition coefficient (Wildman–Crippen LogP) is 1.96. The molecule has 2 saturated carbocycles. The fourth-order valence-electron chi connectivity index (χ4n) is 6.69. The van der Waals surface area contributed by atoms with E-state index in [0.717, 1.165) is 0 Å². The number of fused-ring (bicyclic) bond motifs is 1. The zero-order valence-corrected chi connectivity index (χ0v) is 18.7. The molecule has 2 heterocycles. The number of allylic oxidation sites excluding steroid dienone is 1. The molecule has 0 bridgehead atoms. The van der Waals surface area contributed by atoms with Crippen molar-refractivity contribution < 1.29 is 30.0 Å². The molecular formula is C24H35NO6. The maximum atomic E-state index is 12.1. The molecule has 3 fully saturated rings. The number of ether oxygens (including phenoxy) is 1. The lowest BCUT2D eigenvalue weighted by Gasteiger charge is -2.58. The summed E-state index contributed by atoms with van der Waals surface area (Å²) < 4.78 is 5.67. The van der Waals surface area contributed by atoms with Crippen LogP contribution in [0.5, 0.6) is 0 Å². The van der Waals surface area contributed by atoms with Gasteiger partial charge in [-0.1, -0.05) is 26.8 Å². The lowest BCUT2D eigenvalue weighted by Crippen LogP contribution is -2.58. The highest BCUT2D eigenvalue weighted by molar-refractivity contribution is 5.77. The third-order valence-corrected chi connectivity index (χ3v) is 8.79. The molecule has 0 amide bonds. The summed E-state index contributed by atoms with van der Waals surface area (Å²) in [5.41, 5.74) is -1.05. The van der Waals surface area contributed by atoms with Crippen molar-refractivity contribution in [1.82, 2.24) is 0 Å². The Morgan fingerprint density at radius 3 is 2.55 bits per heavy atom. The summed E-state index contributed by atoms with van der Waals surface area (Å²) in [6.07, 6.45) is 4.35. The Bertz CT molecular complexity index is 809. The third-order valence-electron chi connectivity index (χ3n) is 8.79. The number of aliphatic imine (C=N–C) groups is 1. The van der Waals surface area contributed by atoms with E-state index in [1.54, 1.807) is 6.21 Å². The number of rotatable bonds is 5. The normalized spacial score (nSPS) is 50.5. The van der Waals surface area contributed by atoms with Gasteiger partial charge in [-0.3, -0.25) is 9.79 Å². The maximum Gasteiger partial charge on any atom is 0.152 e. The SMILES string of the molecule is C[C@@H]1C2C[C@H](O)[C@H](C)C([C@@H](O)/C(C=O)=C(\O)C3O[C@H]3C3(C)C=CC=N3)[C@@]2(C)CC[C@@H]1O. The van der Waals surface area contributed by atoms with Gasteiger partial charge in [-0.25, -0.2) is 0 Å². The van der Waals surface area contributed by atoms with Gasteiger partial charge in [-0.2, -0.15) is 0 Å². The van der Waals surface area contributed by atoms with E-state index in [-0.39, 0.29) is 34.5 Å². The van der Waals surface area contributed by atoms with E-state index in [1.807, 2.05) is 32.9 Å². The van der Waals surface area contributed by atoms with E-state index in [4.69, 9.17) is 4.74 Å². The largest absolute Gasteiger partial charge is 0.509 e. The highest BCUT2D eigenvalue weighted by Gasteiger charge is 2.59. The lowest BCUT2D eigenvalue weighted by molar-refractivity contribution is -0.165. The third kappa shape index (κ3) is 3.50. The quantitative estimate of drug-likeness (QED) is 0.227. The Morgan fingerprint density at radius 1 is 1.23 bits per heavy atom.